The first-order valence-corrected chi connectivity index (χ1v) is 4.14. The van der Waals surface area contributed by atoms with E-state index in [0.717, 1.165) is 0 Å². The molecule has 0 radical (unpaired) electrons. The third-order valence-electron chi connectivity index (χ3n) is 1.41. The molecule has 0 aromatic heterocycles. The van der Waals surface area contributed by atoms with E-state index >= 15 is 0 Å². The van der Waals surface area contributed by atoms with Crippen LogP contribution in [0.1, 0.15) is 6.42 Å². The summed E-state index contributed by atoms with van der Waals surface area (Å²) in [6, 6.07) is -0.647. The minimum atomic E-state index is -1.51. The summed E-state index contributed by atoms with van der Waals surface area (Å²) >= 11 is 0. The average molecular weight is 219 g/mol. The Balaban J connectivity index is 3.55. The van der Waals surface area contributed by atoms with Crippen LogP contribution in [0.3, 0.4) is 0 Å². The average Bonchev–Trinajstić information content (AvgIpc) is 2.14. The molecule has 0 aliphatic heterocycles. The molecule has 0 spiro atoms. The number of hydrogen-bond acceptors (Lipinski definition) is 4. The standard InChI is InChI=1S/C7H13N3O5/c8-5(12)3-10-7(15)9-2-1-4(11)6(13)14/h4,11H,1-3H2,(H2,8,12)(H,13,14)(H2,9,10,15). The zero-order valence-corrected chi connectivity index (χ0v) is 7.90. The first kappa shape index (κ1) is 13.2. The van der Waals surface area contributed by atoms with Crippen molar-refractivity contribution in [1.82, 2.24) is 10.6 Å². The summed E-state index contributed by atoms with van der Waals surface area (Å²) in [5, 5.41) is 21.5. The van der Waals surface area contributed by atoms with Crippen LogP contribution in [0.15, 0.2) is 0 Å². The molecule has 0 fully saturated rings. The smallest absolute Gasteiger partial charge is 0.332 e. The van der Waals surface area contributed by atoms with Gasteiger partial charge in [-0.15, -0.1) is 0 Å². The Morgan fingerprint density at radius 3 is 2.33 bits per heavy atom. The van der Waals surface area contributed by atoms with Crippen LogP contribution in [0.2, 0.25) is 0 Å². The van der Waals surface area contributed by atoms with Crippen molar-refractivity contribution in [1.29, 1.82) is 0 Å². The molecule has 0 heterocycles. The number of carbonyl (C=O) groups excluding carboxylic acids is 2. The number of aliphatic hydroxyl groups is 1. The second kappa shape index (κ2) is 6.60. The third kappa shape index (κ3) is 7.26. The number of carboxylic acid groups (broad SMARTS) is 1. The van der Waals surface area contributed by atoms with Crippen molar-refractivity contribution in [3.63, 3.8) is 0 Å². The first-order valence-electron chi connectivity index (χ1n) is 4.14. The van der Waals surface area contributed by atoms with Gasteiger partial charge in [-0.05, 0) is 0 Å². The molecule has 15 heavy (non-hydrogen) atoms. The molecule has 0 aliphatic rings. The van der Waals surface area contributed by atoms with E-state index in [0.29, 0.717) is 0 Å². The summed E-state index contributed by atoms with van der Waals surface area (Å²) in [7, 11) is 0. The molecule has 0 rings (SSSR count). The van der Waals surface area contributed by atoms with Crippen LogP contribution in [0, 0.1) is 0 Å². The summed E-state index contributed by atoms with van der Waals surface area (Å²) in [6.07, 6.45) is -1.62. The topological polar surface area (TPSA) is 142 Å². The normalized spacial score (nSPS) is 11.5. The van der Waals surface area contributed by atoms with E-state index in [1.807, 2.05) is 0 Å². The third-order valence-corrected chi connectivity index (χ3v) is 1.41. The lowest BCUT2D eigenvalue weighted by Gasteiger charge is -2.07. The number of nitrogens with two attached hydrogens (primary N) is 1. The Hall–Kier alpha value is -1.83. The molecule has 0 aromatic carbocycles. The van der Waals surface area contributed by atoms with Crippen molar-refractivity contribution < 1.29 is 24.6 Å². The van der Waals surface area contributed by atoms with Crippen molar-refractivity contribution in [2.24, 2.45) is 5.73 Å². The maximum Gasteiger partial charge on any atom is 0.332 e. The highest BCUT2D eigenvalue weighted by atomic mass is 16.4. The van der Waals surface area contributed by atoms with Crippen LogP contribution in [0.5, 0.6) is 0 Å². The number of rotatable bonds is 6. The molecule has 0 saturated heterocycles. The molecule has 8 heteroatoms. The summed E-state index contributed by atoms with van der Waals surface area (Å²) in [5.74, 6) is -2.04. The van der Waals surface area contributed by atoms with E-state index in [9.17, 15) is 14.4 Å². The molecule has 1 unspecified atom stereocenters. The SMILES string of the molecule is NC(=O)CNC(=O)NCCC(O)C(=O)O. The Morgan fingerprint density at radius 1 is 1.27 bits per heavy atom. The van der Waals surface area contributed by atoms with Gasteiger partial charge in [0.1, 0.15) is 0 Å². The van der Waals surface area contributed by atoms with E-state index < -0.39 is 24.0 Å². The van der Waals surface area contributed by atoms with Crippen LogP contribution in [-0.4, -0.2) is 47.3 Å². The number of hydrogen-bond donors (Lipinski definition) is 5. The predicted octanol–water partition coefficient (Wildman–Crippen LogP) is -2.39. The summed E-state index contributed by atoms with van der Waals surface area (Å²) < 4.78 is 0. The lowest BCUT2D eigenvalue weighted by molar-refractivity contribution is -0.146. The van der Waals surface area contributed by atoms with Crippen molar-refractivity contribution >= 4 is 17.9 Å². The zero-order chi connectivity index (χ0) is 11.8. The monoisotopic (exact) mass is 219 g/mol. The zero-order valence-electron chi connectivity index (χ0n) is 7.90. The van der Waals surface area contributed by atoms with E-state index in [1.54, 1.807) is 0 Å². The Kier molecular flexibility index (Phi) is 5.79. The number of primary amides is 1. The number of carboxylic acids is 1. The molecule has 1 atom stereocenters. The fraction of sp³-hybridized carbons (Fsp3) is 0.571. The lowest BCUT2D eigenvalue weighted by Crippen LogP contribution is -2.41. The van der Waals surface area contributed by atoms with Gasteiger partial charge in [-0.25, -0.2) is 9.59 Å². The van der Waals surface area contributed by atoms with Gasteiger partial charge in [-0.2, -0.15) is 0 Å². The van der Waals surface area contributed by atoms with Gasteiger partial charge < -0.3 is 26.6 Å². The molecule has 3 amide bonds. The molecule has 0 aliphatic carbocycles. The number of aliphatic hydroxyl groups excluding tert-OH is 1. The Labute approximate surface area is 85.4 Å². The van der Waals surface area contributed by atoms with E-state index in [1.165, 1.54) is 0 Å². The number of urea groups is 1. The van der Waals surface area contributed by atoms with Gasteiger partial charge in [-0.1, -0.05) is 0 Å². The Morgan fingerprint density at radius 2 is 1.87 bits per heavy atom. The van der Waals surface area contributed by atoms with Crippen LogP contribution >= 0.6 is 0 Å². The Bertz CT molecular complexity index is 255. The minimum Gasteiger partial charge on any atom is -0.479 e. The van der Waals surface area contributed by atoms with Crippen LogP contribution in [0.4, 0.5) is 4.79 Å². The van der Waals surface area contributed by atoms with Crippen LogP contribution in [-0.2, 0) is 9.59 Å². The van der Waals surface area contributed by atoms with Gasteiger partial charge in [0.25, 0.3) is 0 Å². The molecular formula is C7H13N3O5. The molecular weight excluding hydrogens is 206 g/mol. The fourth-order valence-electron chi connectivity index (χ4n) is 0.676. The maximum atomic E-state index is 10.8. The summed E-state index contributed by atoms with van der Waals surface area (Å²) in [6.45, 7) is -0.314. The second-order valence-electron chi connectivity index (χ2n) is 2.72. The van der Waals surface area contributed by atoms with Gasteiger partial charge in [0, 0.05) is 13.0 Å². The molecule has 86 valence electrons. The number of carbonyl (C=O) groups is 3. The van der Waals surface area contributed by atoms with Gasteiger partial charge in [-0.3, -0.25) is 4.79 Å². The van der Waals surface area contributed by atoms with Crippen molar-refractivity contribution in [2.75, 3.05) is 13.1 Å². The van der Waals surface area contributed by atoms with Crippen LogP contribution < -0.4 is 16.4 Å². The fourth-order valence-corrected chi connectivity index (χ4v) is 0.676. The largest absolute Gasteiger partial charge is 0.479 e. The first-order chi connectivity index (χ1) is 6.93. The van der Waals surface area contributed by atoms with E-state index in [-0.39, 0.29) is 19.5 Å². The molecule has 0 saturated carbocycles. The maximum absolute atomic E-state index is 10.8. The van der Waals surface area contributed by atoms with E-state index in [4.69, 9.17) is 15.9 Å². The lowest BCUT2D eigenvalue weighted by atomic mass is 10.2. The molecule has 0 bridgehead atoms. The van der Waals surface area contributed by atoms with Crippen molar-refractivity contribution in [3.05, 3.63) is 0 Å². The van der Waals surface area contributed by atoms with Crippen LogP contribution in [0.25, 0.3) is 0 Å². The molecule has 0 aromatic rings. The van der Waals surface area contributed by atoms with Crippen molar-refractivity contribution in [3.8, 4) is 0 Å². The van der Waals surface area contributed by atoms with Gasteiger partial charge in [0.2, 0.25) is 5.91 Å². The van der Waals surface area contributed by atoms with Crippen molar-refractivity contribution in [2.45, 2.75) is 12.5 Å². The highest BCUT2D eigenvalue weighted by Crippen LogP contribution is 1.88. The number of aliphatic carboxylic acids is 1. The van der Waals surface area contributed by atoms with E-state index in [2.05, 4.69) is 10.6 Å². The minimum absolute atomic E-state index is 0.0158. The van der Waals surface area contributed by atoms with Gasteiger partial charge in [0.15, 0.2) is 6.10 Å². The van der Waals surface area contributed by atoms with Gasteiger partial charge >= 0.3 is 12.0 Å². The number of nitrogens with one attached hydrogen (secondary N) is 2. The predicted molar refractivity (Wildman–Crippen MR) is 48.9 cm³/mol. The van der Waals surface area contributed by atoms with Gasteiger partial charge in [0.05, 0.1) is 6.54 Å². The highest BCUT2D eigenvalue weighted by molar-refractivity contribution is 5.82. The number of amides is 3. The highest BCUT2D eigenvalue weighted by Gasteiger charge is 2.12. The molecule has 6 N–H and O–H groups in total. The quantitative estimate of drug-likeness (QED) is 0.338. The molecule has 8 nitrogen and oxygen atoms in total. The second-order valence-corrected chi connectivity index (χ2v) is 2.72. The summed E-state index contributed by atoms with van der Waals surface area (Å²) in [4.78, 5) is 31.2. The summed E-state index contributed by atoms with van der Waals surface area (Å²) in [5.41, 5.74) is 4.76.